The Kier molecular flexibility index (Phi) is 4.83. The highest BCUT2D eigenvalue weighted by Gasteiger charge is 2.35. The maximum absolute atomic E-state index is 5.95. The summed E-state index contributed by atoms with van der Waals surface area (Å²) >= 11 is 0. The van der Waals surface area contributed by atoms with Gasteiger partial charge in [-0.1, -0.05) is 13.3 Å². The Morgan fingerprint density at radius 1 is 1.18 bits per heavy atom. The van der Waals surface area contributed by atoms with Crippen molar-refractivity contribution in [2.75, 3.05) is 33.2 Å². The summed E-state index contributed by atoms with van der Waals surface area (Å²) in [6, 6.07) is 1.52. The van der Waals surface area contributed by atoms with E-state index in [-0.39, 0.29) is 0 Å². The van der Waals surface area contributed by atoms with E-state index in [1.54, 1.807) is 0 Å². The van der Waals surface area contributed by atoms with E-state index >= 15 is 0 Å². The summed E-state index contributed by atoms with van der Waals surface area (Å²) in [4.78, 5) is 5.30. The quantitative estimate of drug-likeness (QED) is 0.811. The van der Waals surface area contributed by atoms with E-state index in [0.29, 0.717) is 0 Å². The van der Waals surface area contributed by atoms with Crippen LogP contribution in [0.15, 0.2) is 0 Å². The van der Waals surface area contributed by atoms with Gasteiger partial charge in [0.15, 0.2) is 0 Å². The van der Waals surface area contributed by atoms with Crippen molar-refractivity contribution in [3.05, 3.63) is 0 Å². The average Bonchev–Trinajstić information content (AvgIpc) is 2.72. The normalized spacial score (nSPS) is 37.2. The van der Waals surface area contributed by atoms with Gasteiger partial charge in [0.2, 0.25) is 0 Å². The van der Waals surface area contributed by atoms with Crippen LogP contribution in [-0.4, -0.2) is 55.1 Å². The first-order valence-corrected chi connectivity index (χ1v) is 7.40. The van der Waals surface area contributed by atoms with Gasteiger partial charge in [-0.05, 0) is 51.7 Å². The standard InChI is InChI=1S/C14H29N3/c1-3-13-11-16(2)8-5-9-17(13)14-7-4-6-12(14)10-15/h12-14H,3-11,15H2,1-2H3. The van der Waals surface area contributed by atoms with Crippen molar-refractivity contribution >= 4 is 0 Å². The van der Waals surface area contributed by atoms with Gasteiger partial charge in [0.05, 0.1) is 0 Å². The third-order valence-electron chi connectivity index (χ3n) is 4.77. The first kappa shape index (κ1) is 13.3. The van der Waals surface area contributed by atoms with E-state index in [0.717, 1.165) is 24.5 Å². The second-order valence-electron chi connectivity index (χ2n) is 5.91. The molecule has 0 aromatic rings. The lowest BCUT2D eigenvalue weighted by Crippen LogP contribution is -2.48. The molecule has 1 aliphatic carbocycles. The third-order valence-corrected chi connectivity index (χ3v) is 4.77. The second kappa shape index (κ2) is 6.17. The molecule has 1 saturated carbocycles. The number of hydrogen-bond donors (Lipinski definition) is 1. The molecule has 1 aliphatic heterocycles. The van der Waals surface area contributed by atoms with Crippen LogP contribution in [0.25, 0.3) is 0 Å². The predicted octanol–water partition coefficient (Wildman–Crippen LogP) is 1.53. The second-order valence-corrected chi connectivity index (χ2v) is 5.91. The van der Waals surface area contributed by atoms with E-state index in [9.17, 15) is 0 Å². The summed E-state index contributed by atoms with van der Waals surface area (Å²) in [6.45, 7) is 7.00. The van der Waals surface area contributed by atoms with Crippen LogP contribution in [0.4, 0.5) is 0 Å². The molecule has 3 unspecified atom stereocenters. The van der Waals surface area contributed by atoms with Gasteiger partial charge in [0.25, 0.3) is 0 Å². The zero-order valence-corrected chi connectivity index (χ0v) is 11.6. The molecule has 3 atom stereocenters. The first-order valence-electron chi connectivity index (χ1n) is 7.40. The Balaban J connectivity index is 2.05. The molecule has 3 nitrogen and oxygen atoms in total. The number of nitrogens with two attached hydrogens (primary N) is 1. The van der Waals surface area contributed by atoms with Crippen molar-refractivity contribution in [1.29, 1.82) is 0 Å². The molecule has 17 heavy (non-hydrogen) atoms. The van der Waals surface area contributed by atoms with Gasteiger partial charge in [-0.3, -0.25) is 4.90 Å². The van der Waals surface area contributed by atoms with Crippen LogP contribution in [0, 0.1) is 5.92 Å². The van der Waals surface area contributed by atoms with Gasteiger partial charge in [0, 0.05) is 25.2 Å². The molecule has 2 aliphatic rings. The maximum Gasteiger partial charge on any atom is 0.0223 e. The molecule has 0 radical (unpaired) electrons. The Bertz CT molecular complexity index is 232. The fraction of sp³-hybridized carbons (Fsp3) is 1.00. The zero-order valence-electron chi connectivity index (χ0n) is 11.6. The Morgan fingerprint density at radius 2 is 2.00 bits per heavy atom. The molecule has 3 heteroatoms. The van der Waals surface area contributed by atoms with Gasteiger partial charge in [0.1, 0.15) is 0 Å². The highest BCUT2D eigenvalue weighted by molar-refractivity contribution is 4.91. The van der Waals surface area contributed by atoms with E-state index < -0.39 is 0 Å². The first-order chi connectivity index (χ1) is 8.26. The van der Waals surface area contributed by atoms with Gasteiger partial charge in [-0.15, -0.1) is 0 Å². The van der Waals surface area contributed by atoms with Crippen molar-refractivity contribution < 1.29 is 0 Å². The van der Waals surface area contributed by atoms with Gasteiger partial charge in [-0.2, -0.15) is 0 Å². The predicted molar refractivity (Wildman–Crippen MR) is 73.1 cm³/mol. The Morgan fingerprint density at radius 3 is 2.71 bits per heavy atom. The summed E-state index contributed by atoms with van der Waals surface area (Å²) in [5.74, 6) is 0.757. The fourth-order valence-electron chi connectivity index (χ4n) is 3.79. The molecule has 2 N–H and O–H groups in total. The summed E-state index contributed by atoms with van der Waals surface area (Å²) in [5, 5.41) is 0. The molecule has 2 fully saturated rings. The summed E-state index contributed by atoms with van der Waals surface area (Å²) in [7, 11) is 2.27. The van der Waals surface area contributed by atoms with Crippen molar-refractivity contribution in [2.45, 2.75) is 51.1 Å². The summed E-state index contributed by atoms with van der Waals surface area (Å²) in [6.07, 6.45) is 6.71. The van der Waals surface area contributed by atoms with Crippen LogP contribution in [0.2, 0.25) is 0 Å². The SMILES string of the molecule is CCC1CN(C)CCCN1C1CCCC1CN. The topological polar surface area (TPSA) is 32.5 Å². The Labute approximate surface area is 106 Å². The highest BCUT2D eigenvalue weighted by Crippen LogP contribution is 2.32. The number of nitrogens with zero attached hydrogens (tertiary/aromatic N) is 2. The van der Waals surface area contributed by atoms with Crippen molar-refractivity contribution in [3.8, 4) is 0 Å². The molecular weight excluding hydrogens is 210 g/mol. The largest absolute Gasteiger partial charge is 0.330 e. The van der Waals surface area contributed by atoms with Crippen LogP contribution in [0.1, 0.15) is 39.0 Å². The van der Waals surface area contributed by atoms with Crippen LogP contribution in [-0.2, 0) is 0 Å². The van der Waals surface area contributed by atoms with Crippen molar-refractivity contribution in [2.24, 2.45) is 11.7 Å². The molecule has 2 rings (SSSR count). The molecule has 1 heterocycles. The molecule has 100 valence electrons. The zero-order chi connectivity index (χ0) is 12.3. The maximum atomic E-state index is 5.95. The minimum atomic E-state index is 0.750. The highest BCUT2D eigenvalue weighted by atomic mass is 15.3. The summed E-state index contributed by atoms with van der Waals surface area (Å²) < 4.78 is 0. The molecule has 0 bridgehead atoms. The minimum Gasteiger partial charge on any atom is -0.330 e. The van der Waals surface area contributed by atoms with Crippen LogP contribution >= 0.6 is 0 Å². The van der Waals surface area contributed by atoms with E-state index in [1.807, 2.05) is 0 Å². The summed E-state index contributed by atoms with van der Waals surface area (Å²) in [5.41, 5.74) is 5.95. The third kappa shape index (κ3) is 3.01. The lowest BCUT2D eigenvalue weighted by atomic mass is 9.99. The van der Waals surface area contributed by atoms with E-state index in [4.69, 9.17) is 5.73 Å². The number of hydrogen-bond acceptors (Lipinski definition) is 3. The molecule has 0 aromatic carbocycles. The molecular formula is C14H29N3. The van der Waals surface area contributed by atoms with E-state index in [1.165, 1.54) is 51.7 Å². The minimum absolute atomic E-state index is 0.750. The molecule has 0 aromatic heterocycles. The number of likely N-dealkylation sites (N-methyl/N-ethyl adjacent to an activating group) is 1. The van der Waals surface area contributed by atoms with Crippen LogP contribution in [0.3, 0.4) is 0 Å². The lowest BCUT2D eigenvalue weighted by Gasteiger charge is -2.38. The van der Waals surface area contributed by atoms with Crippen LogP contribution < -0.4 is 5.73 Å². The van der Waals surface area contributed by atoms with Crippen LogP contribution in [0.5, 0.6) is 0 Å². The smallest absolute Gasteiger partial charge is 0.0223 e. The average molecular weight is 239 g/mol. The monoisotopic (exact) mass is 239 g/mol. The van der Waals surface area contributed by atoms with E-state index in [2.05, 4.69) is 23.8 Å². The molecule has 0 spiro atoms. The number of rotatable bonds is 3. The fourth-order valence-corrected chi connectivity index (χ4v) is 3.79. The van der Waals surface area contributed by atoms with Crippen molar-refractivity contribution in [3.63, 3.8) is 0 Å². The molecule has 1 saturated heterocycles. The van der Waals surface area contributed by atoms with Crippen molar-refractivity contribution in [1.82, 2.24) is 9.80 Å². The van der Waals surface area contributed by atoms with Gasteiger partial charge in [-0.25, -0.2) is 0 Å². The van der Waals surface area contributed by atoms with Gasteiger partial charge < -0.3 is 10.6 Å². The Hall–Kier alpha value is -0.120. The van der Waals surface area contributed by atoms with Gasteiger partial charge >= 0.3 is 0 Å². The lowest BCUT2D eigenvalue weighted by molar-refractivity contribution is 0.104. The molecule has 0 amide bonds.